The van der Waals surface area contributed by atoms with Gasteiger partial charge in [0, 0.05) is 51.9 Å². The lowest BCUT2D eigenvalue weighted by Crippen LogP contribution is -2.49. The molecule has 2 fully saturated rings. The van der Waals surface area contributed by atoms with Gasteiger partial charge in [0.1, 0.15) is 0 Å². The lowest BCUT2D eigenvalue weighted by molar-refractivity contribution is -0.120. The Morgan fingerprint density at radius 1 is 1.17 bits per heavy atom. The summed E-state index contributed by atoms with van der Waals surface area (Å²) in [6.45, 7) is 5.37. The molecular weight excluding hydrogens is 308 g/mol. The monoisotopic (exact) mass is 328 g/mol. The van der Waals surface area contributed by atoms with Gasteiger partial charge in [-0.25, -0.2) is 9.31 Å². The van der Waals surface area contributed by atoms with E-state index in [1.54, 1.807) is 15.6 Å². The summed E-state index contributed by atoms with van der Waals surface area (Å²) in [5.41, 5.74) is 2.81. The van der Waals surface area contributed by atoms with Crippen molar-refractivity contribution in [3.8, 4) is 0 Å². The second-order valence-corrected chi connectivity index (χ2v) is 6.18. The first-order valence-electron chi connectivity index (χ1n) is 8.21. The number of pyridine rings is 1. The number of hydrogen-bond acceptors (Lipinski definition) is 5. The maximum absolute atomic E-state index is 12.1. The van der Waals surface area contributed by atoms with E-state index in [2.05, 4.69) is 32.8 Å². The van der Waals surface area contributed by atoms with Gasteiger partial charge in [0.05, 0.1) is 17.4 Å². The van der Waals surface area contributed by atoms with Crippen LogP contribution in [0.2, 0.25) is 0 Å². The van der Waals surface area contributed by atoms with Gasteiger partial charge in [0.2, 0.25) is 5.91 Å². The van der Waals surface area contributed by atoms with Gasteiger partial charge in [0.25, 0.3) is 0 Å². The largest absolute Gasteiger partial charge is 0.328 e. The van der Waals surface area contributed by atoms with Crippen molar-refractivity contribution in [3.63, 3.8) is 0 Å². The maximum atomic E-state index is 12.1. The zero-order valence-corrected chi connectivity index (χ0v) is 13.4. The predicted molar refractivity (Wildman–Crippen MR) is 88.8 cm³/mol. The molecule has 0 radical (unpaired) electrons. The van der Waals surface area contributed by atoms with E-state index in [0.717, 1.165) is 43.9 Å². The fourth-order valence-corrected chi connectivity index (χ4v) is 3.24. The summed E-state index contributed by atoms with van der Waals surface area (Å²) in [5.74, 6) is -0.230. The minimum Gasteiger partial charge on any atom is -0.314 e. The van der Waals surface area contributed by atoms with Crippen molar-refractivity contribution in [2.45, 2.75) is 13.0 Å². The molecule has 0 aliphatic carbocycles. The molecule has 0 atom stereocenters. The van der Waals surface area contributed by atoms with Crippen molar-refractivity contribution in [1.82, 2.24) is 25.1 Å². The third kappa shape index (κ3) is 2.85. The number of urea groups is 1. The first kappa shape index (κ1) is 15.1. The summed E-state index contributed by atoms with van der Waals surface area (Å²) >= 11 is 0. The molecule has 4 heterocycles. The summed E-state index contributed by atoms with van der Waals surface area (Å²) in [4.78, 5) is 27.4. The van der Waals surface area contributed by atoms with E-state index < -0.39 is 0 Å². The molecule has 8 nitrogen and oxygen atoms in total. The number of piperazine rings is 1. The highest BCUT2D eigenvalue weighted by molar-refractivity contribution is 6.07. The summed E-state index contributed by atoms with van der Waals surface area (Å²) in [7, 11) is 0. The molecule has 2 aromatic rings. The SMILES string of the molecule is O=C1CCN(c2cnn3ccc(CN4CCNCC4)cc23)C(=O)N1. The number of nitrogens with zero attached hydrogens (tertiary/aromatic N) is 4. The molecular formula is C16H20N6O2. The van der Waals surface area contributed by atoms with Crippen LogP contribution in [0.25, 0.3) is 5.52 Å². The van der Waals surface area contributed by atoms with Crippen LogP contribution in [0.15, 0.2) is 24.5 Å². The van der Waals surface area contributed by atoms with Crippen molar-refractivity contribution in [2.24, 2.45) is 0 Å². The van der Waals surface area contributed by atoms with Crippen LogP contribution in [0, 0.1) is 0 Å². The van der Waals surface area contributed by atoms with E-state index in [1.807, 2.05) is 6.20 Å². The maximum Gasteiger partial charge on any atom is 0.328 e. The second kappa shape index (κ2) is 6.21. The van der Waals surface area contributed by atoms with Crippen molar-refractivity contribution in [3.05, 3.63) is 30.1 Å². The van der Waals surface area contributed by atoms with Crippen molar-refractivity contribution in [1.29, 1.82) is 0 Å². The fraction of sp³-hybridized carbons (Fsp3) is 0.438. The van der Waals surface area contributed by atoms with Gasteiger partial charge in [-0.1, -0.05) is 0 Å². The van der Waals surface area contributed by atoms with Crippen LogP contribution in [0.1, 0.15) is 12.0 Å². The third-order valence-corrected chi connectivity index (χ3v) is 4.53. The van der Waals surface area contributed by atoms with E-state index in [4.69, 9.17) is 0 Å². The van der Waals surface area contributed by atoms with Crippen LogP contribution in [-0.2, 0) is 11.3 Å². The quantitative estimate of drug-likeness (QED) is 0.840. The van der Waals surface area contributed by atoms with E-state index >= 15 is 0 Å². The lowest BCUT2D eigenvalue weighted by Gasteiger charge is -2.27. The van der Waals surface area contributed by atoms with Crippen LogP contribution in [0.3, 0.4) is 0 Å². The van der Waals surface area contributed by atoms with Gasteiger partial charge in [-0.3, -0.25) is 19.9 Å². The number of nitrogens with one attached hydrogen (secondary N) is 2. The van der Waals surface area contributed by atoms with E-state index in [9.17, 15) is 9.59 Å². The van der Waals surface area contributed by atoms with Gasteiger partial charge in [-0.2, -0.15) is 5.10 Å². The van der Waals surface area contributed by atoms with Gasteiger partial charge in [-0.15, -0.1) is 0 Å². The molecule has 2 aliphatic heterocycles. The number of hydrogen-bond donors (Lipinski definition) is 2. The van der Waals surface area contributed by atoms with Crippen LogP contribution >= 0.6 is 0 Å². The Hall–Kier alpha value is -2.45. The zero-order valence-electron chi connectivity index (χ0n) is 13.4. The molecule has 2 N–H and O–H groups in total. The third-order valence-electron chi connectivity index (χ3n) is 4.53. The van der Waals surface area contributed by atoms with Crippen LogP contribution in [0.5, 0.6) is 0 Å². The predicted octanol–water partition coefficient (Wildman–Crippen LogP) is 0.186. The number of imide groups is 1. The normalized spacial score (nSPS) is 19.8. The molecule has 0 aromatic carbocycles. The number of amides is 3. The molecule has 0 bridgehead atoms. The molecule has 24 heavy (non-hydrogen) atoms. The number of carbonyl (C=O) groups excluding carboxylic acids is 2. The lowest BCUT2D eigenvalue weighted by atomic mass is 10.2. The number of fused-ring (bicyclic) bond motifs is 1. The Morgan fingerprint density at radius 2 is 2.00 bits per heavy atom. The van der Waals surface area contributed by atoms with Crippen LogP contribution < -0.4 is 15.5 Å². The highest BCUT2D eigenvalue weighted by atomic mass is 16.2. The average Bonchev–Trinajstić information content (AvgIpc) is 2.99. The Kier molecular flexibility index (Phi) is 3.91. The smallest absolute Gasteiger partial charge is 0.314 e. The number of rotatable bonds is 3. The Balaban J connectivity index is 1.61. The first-order valence-corrected chi connectivity index (χ1v) is 8.21. The summed E-state index contributed by atoms with van der Waals surface area (Å²) in [5, 5.41) is 10.0. The number of carbonyl (C=O) groups is 2. The Morgan fingerprint density at radius 3 is 2.79 bits per heavy atom. The van der Waals surface area contributed by atoms with Crippen LogP contribution in [0.4, 0.5) is 10.5 Å². The topological polar surface area (TPSA) is 82.0 Å². The summed E-state index contributed by atoms with van der Waals surface area (Å²) in [6, 6.07) is 3.76. The number of anilines is 1. The molecule has 2 saturated heterocycles. The van der Waals surface area contributed by atoms with Gasteiger partial charge in [-0.05, 0) is 17.7 Å². The highest BCUT2D eigenvalue weighted by Crippen LogP contribution is 2.24. The standard InChI is InChI=1S/C16H20N6O2/c23-15-2-5-21(16(24)19-15)14-10-18-22-6-1-12(9-13(14)22)11-20-7-3-17-4-8-20/h1,6,9-10,17H,2-5,7-8,11H2,(H,19,23,24). The van der Waals surface area contributed by atoms with Gasteiger partial charge < -0.3 is 5.32 Å². The first-order chi connectivity index (χ1) is 11.7. The Labute approximate surface area is 139 Å². The summed E-state index contributed by atoms with van der Waals surface area (Å²) in [6.07, 6.45) is 3.91. The highest BCUT2D eigenvalue weighted by Gasteiger charge is 2.26. The fourth-order valence-electron chi connectivity index (χ4n) is 3.24. The van der Waals surface area contributed by atoms with E-state index in [-0.39, 0.29) is 11.9 Å². The molecule has 0 saturated carbocycles. The van der Waals surface area contributed by atoms with Gasteiger partial charge in [0.15, 0.2) is 0 Å². The second-order valence-electron chi connectivity index (χ2n) is 6.18. The minimum atomic E-state index is -0.381. The molecule has 4 rings (SSSR count). The number of aromatic nitrogens is 2. The van der Waals surface area contributed by atoms with E-state index in [0.29, 0.717) is 13.0 Å². The van der Waals surface area contributed by atoms with Crippen molar-refractivity contribution >= 4 is 23.1 Å². The summed E-state index contributed by atoms with van der Waals surface area (Å²) < 4.78 is 1.76. The molecule has 3 amide bonds. The van der Waals surface area contributed by atoms with Crippen LogP contribution in [-0.4, -0.2) is 59.2 Å². The Bertz CT molecular complexity index is 780. The molecule has 2 aromatic heterocycles. The minimum absolute atomic E-state index is 0.230. The van der Waals surface area contributed by atoms with Gasteiger partial charge >= 0.3 is 6.03 Å². The molecule has 126 valence electrons. The molecule has 2 aliphatic rings. The molecule has 0 spiro atoms. The van der Waals surface area contributed by atoms with Crippen molar-refractivity contribution < 1.29 is 9.59 Å². The van der Waals surface area contributed by atoms with E-state index in [1.165, 1.54) is 5.56 Å². The zero-order chi connectivity index (χ0) is 16.5. The van der Waals surface area contributed by atoms with Crippen molar-refractivity contribution in [2.75, 3.05) is 37.6 Å². The average molecular weight is 328 g/mol. The molecule has 8 heteroatoms. The molecule has 0 unspecified atom stereocenters.